The van der Waals surface area contributed by atoms with Gasteiger partial charge in [-0.3, -0.25) is 4.79 Å². The van der Waals surface area contributed by atoms with Crippen molar-refractivity contribution in [3.63, 3.8) is 0 Å². The number of carboxylic acid groups (broad SMARTS) is 1. The number of rotatable bonds is 5. The Morgan fingerprint density at radius 3 is 2.33 bits per heavy atom. The van der Waals surface area contributed by atoms with E-state index in [9.17, 15) is 9.59 Å². The third-order valence-corrected chi connectivity index (χ3v) is 4.11. The molecule has 1 atom stereocenters. The van der Waals surface area contributed by atoms with Gasteiger partial charge in [-0.15, -0.1) is 0 Å². The monoisotopic (exact) mass is 300 g/mol. The number of aliphatic carboxylic acids is 1. The van der Waals surface area contributed by atoms with Crippen molar-refractivity contribution in [1.82, 2.24) is 10.6 Å². The third kappa shape index (κ3) is 6.33. The highest BCUT2D eigenvalue weighted by Gasteiger charge is 2.30. The van der Waals surface area contributed by atoms with Crippen LogP contribution in [0.2, 0.25) is 0 Å². The Bertz CT molecular complexity index is 370. The minimum absolute atomic E-state index is 0.0552. The van der Waals surface area contributed by atoms with Gasteiger partial charge >= 0.3 is 12.0 Å². The second-order valence-corrected chi connectivity index (χ2v) is 7.27. The van der Waals surface area contributed by atoms with Crippen LogP contribution in [0.3, 0.4) is 0 Å². The van der Waals surface area contributed by atoms with Crippen molar-refractivity contribution >= 4 is 12.0 Å². The van der Waals surface area contributed by atoms with E-state index in [-0.39, 0.29) is 23.3 Å². The second kappa shape index (κ2) is 7.11. The van der Waals surface area contributed by atoms with Crippen LogP contribution >= 0.6 is 0 Å². The van der Waals surface area contributed by atoms with Crippen LogP contribution in [-0.2, 0) is 9.53 Å². The van der Waals surface area contributed by atoms with E-state index in [1.165, 1.54) is 0 Å². The van der Waals surface area contributed by atoms with Crippen molar-refractivity contribution in [2.75, 3.05) is 19.8 Å². The molecule has 6 nitrogen and oxygen atoms in total. The molecule has 3 N–H and O–H groups in total. The minimum Gasteiger partial charge on any atom is -0.481 e. The van der Waals surface area contributed by atoms with Crippen molar-refractivity contribution in [3.05, 3.63) is 0 Å². The van der Waals surface area contributed by atoms with Crippen molar-refractivity contribution in [3.8, 4) is 0 Å². The summed E-state index contributed by atoms with van der Waals surface area (Å²) >= 11 is 0. The molecule has 1 aliphatic heterocycles. The van der Waals surface area contributed by atoms with Gasteiger partial charge in [-0.25, -0.2) is 4.79 Å². The molecule has 0 aromatic heterocycles. The lowest BCUT2D eigenvalue weighted by atomic mass is 9.82. The summed E-state index contributed by atoms with van der Waals surface area (Å²) in [5.41, 5.74) is -0.252. The summed E-state index contributed by atoms with van der Waals surface area (Å²) in [7, 11) is 0. The van der Waals surface area contributed by atoms with Gasteiger partial charge in [-0.1, -0.05) is 27.7 Å². The molecule has 0 bridgehead atoms. The molecular formula is C15H28N2O4. The molecule has 0 saturated carbocycles. The SMILES string of the molecule is CC1(CNC(=O)NC(CC(=O)O)C(C)(C)C)CCOCC1. The fraction of sp³-hybridized carbons (Fsp3) is 0.867. The van der Waals surface area contributed by atoms with Gasteiger partial charge in [-0.2, -0.15) is 0 Å². The number of hydrogen-bond donors (Lipinski definition) is 3. The van der Waals surface area contributed by atoms with E-state index in [1.54, 1.807) is 0 Å². The number of ether oxygens (including phenoxy) is 1. The zero-order valence-electron chi connectivity index (χ0n) is 13.5. The third-order valence-electron chi connectivity index (χ3n) is 4.11. The molecule has 0 aromatic carbocycles. The second-order valence-electron chi connectivity index (χ2n) is 7.27. The molecule has 6 heteroatoms. The number of amides is 2. The first-order valence-electron chi connectivity index (χ1n) is 7.46. The lowest BCUT2D eigenvalue weighted by Crippen LogP contribution is -2.51. The van der Waals surface area contributed by atoms with Crippen molar-refractivity contribution < 1.29 is 19.4 Å². The maximum absolute atomic E-state index is 12.0. The van der Waals surface area contributed by atoms with Crippen molar-refractivity contribution in [1.29, 1.82) is 0 Å². The average Bonchev–Trinajstić information content (AvgIpc) is 2.35. The lowest BCUT2D eigenvalue weighted by molar-refractivity contribution is -0.138. The van der Waals surface area contributed by atoms with Gasteiger partial charge in [0.1, 0.15) is 0 Å². The van der Waals surface area contributed by atoms with Crippen LogP contribution in [0.15, 0.2) is 0 Å². The van der Waals surface area contributed by atoms with E-state index in [4.69, 9.17) is 9.84 Å². The summed E-state index contributed by atoms with van der Waals surface area (Å²) in [6.45, 7) is 9.91. The van der Waals surface area contributed by atoms with Crippen molar-refractivity contribution in [2.24, 2.45) is 10.8 Å². The van der Waals surface area contributed by atoms with Crippen LogP contribution in [0, 0.1) is 10.8 Å². The fourth-order valence-electron chi connectivity index (χ4n) is 2.29. The average molecular weight is 300 g/mol. The highest BCUT2D eigenvalue weighted by Crippen LogP contribution is 2.28. The Kier molecular flexibility index (Phi) is 6.01. The standard InChI is InChI=1S/C15H28N2O4/c1-14(2,3)11(9-12(18)19)17-13(20)16-10-15(4)5-7-21-8-6-15/h11H,5-10H2,1-4H3,(H,18,19)(H2,16,17,20). The molecule has 0 aliphatic carbocycles. The molecule has 122 valence electrons. The molecule has 21 heavy (non-hydrogen) atoms. The van der Waals surface area contributed by atoms with Crippen molar-refractivity contribution in [2.45, 2.75) is 53.0 Å². The Morgan fingerprint density at radius 2 is 1.86 bits per heavy atom. The zero-order chi connectivity index (χ0) is 16.1. The summed E-state index contributed by atoms with van der Waals surface area (Å²) < 4.78 is 5.33. The Hall–Kier alpha value is -1.30. The van der Waals surface area contributed by atoms with E-state index in [0.717, 1.165) is 26.1 Å². The molecule has 2 amide bonds. The largest absolute Gasteiger partial charge is 0.481 e. The topological polar surface area (TPSA) is 87.7 Å². The number of carbonyl (C=O) groups is 2. The molecule has 1 saturated heterocycles. The molecule has 1 aliphatic rings. The Morgan fingerprint density at radius 1 is 1.29 bits per heavy atom. The first-order valence-corrected chi connectivity index (χ1v) is 7.46. The lowest BCUT2D eigenvalue weighted by Gasteiger charge is -2.34. The first-order chi connectivity index (χ1) is 9.62. The van der Waals surface area contributed by atoms with Crippen LogP contribution in [0.25, 0.3) is 0 Å². The predicted molar refractivity (Wildman–Crippen MR) is 80.2 cm³/mol. The van der Waals surface area contributed by atoms with E-state index in [2.05, 4.69) is 17.6 Å². The first kappa shape index (κ1) is 17.8. The van der Waals surface area contributed by atoms with E-state index in [1.807, 2.05) is 20.8 Å². The van der Waals surface area contributed by atoms with Crippen LogP contribution in [-0.4, -0.2) is 42.9 Å². The number of carboxylic acids is 1. The van der Waals surface area contributed by atoms with Crippen LogP contribution in [0.4, 0.5) is 4.79 Å². The smallest absolute Gasteiger partial charge is 0.315 e. The summed E-state index contributed by atoms with van der Waals surface area (Å²) in [4.78, 5) is 22.9. The highest BCUT2D eigenvalue weighted by molar-refractivity contribution is 5.75. The van der Waals surface area contributed by atoms with Gasteiger partial charge in [0.25, 0.3) is 0 Å². The van der Waals surface area contributed by atoms with Gasteiger partial charge in [0.05, 0.1) is 6.42 Å². The van der Waals surface area contributed by atoms with Crippen LogP contribution in [0.5, 0.6) is 0 Å². The quantitative estimate of drug-likeness (QED) is 0.724. The predicted octanol–water partition coefficient (Wildman–Crippen LogP) is 1.99. The molecule has 0 spiro atoms. The summed E-state index contributed by atoms with van der Waals surface area (Å²) in [6.07, 6.45) is 1.76. The molecule has 1 unspecified atom stereocenters. The maximum atomic E-state index is 12.0. The van der Waals surface area contributed by atoms with E-state index in [0.29, 0.717) is 6.54 Å². The summed E-state index contributed by atoms with van der Waals surface area (Å²) in [5, 5.41) is 14.6. The minimum atomic E-state index is -0.911. The highest BCUT2D eigenvalue weighted by atomic mass is 16.5. The zero-order valence-corrected chi connectivity index (χ0v) is 13.5. The molecule has 0 aromatic rings. The van der Waals surface area contributed by atoms with E-state index < -0.39 is 12.0 Å². The van der Waals surface area contributed by atoms with Gasteiger partial charge in [0.15, 0.2) is 0 Å². The number of carbonyl (C=O) groups excluding carboxylic acids is 1. The molecule has 1 rings (SSSR count). The summed E-state index contributed by atoms with van der Waals surface area (Å²) in [5.74, 6) is -0.911. The number of nitrogens with one attached hydrogen (secondary N) is 2. The molecular weight excluding hydrogens is 272 g/mol. The number of hydrogen-bond acceptors (Lipinski definition) is 3. The van der Waals surface area contributed by atoms with Gasteiger partial charge in [0.2, 0.25) is 0 Å². The van der Waals surface area contributed by atoms with Gasteiger partial charge in [0, 0.05) is 25.8 Å². The van der Waals surface area contributed by atoms with Gasteiger partial charge < -0.3 is 20.5 Å². The normalized spacial score (nSPS) is 19.6. The van der Waals surface area contributed by atoms with Crippen LogP contribution < -0.4 is 10.6 Å². The summed E-state index contributed by atoms with van der Waals surface area (Å²) in [6, 6.07) is -0.707. The number of urea groups is 1. The molecule has 1 heterocycles. The van der Waals surface area contributed by atoms with Crippen LogP contribution in [0.1, 0.15) is 47.0 Å². The molecule has 1 fully saturated rings. The molecule has 0 radical (unpaired) electrons. The maximum Gasteiger partial charge on any atom is 0.315 e. The van der Waals surface area contributed by atoms with Gasteiger partial charge in [-0.05, 0) is 23.7 Å². The van der Waals surface area contributed by atoms with E-state index >= 15 is 0 Å². The fourth-order valence-corrected chi connectivity index (χ4v) is 2.29. The Balaban J connectivity index is 2.48. The Labute approximate surface area is 126 Å².